The van der Waals surface area contributed by atoms with Crippen molar-refractivity contribution in [3.8, 4) is 0 Å². The second kappa shape index (κ2) is 18.9. The average molecular weight is 662 g/mol. The van der Waals surface area contributed by atoms with E-state index >= 15 is 0 Å². The smallest absolute Gasteiger partial charge is 0.306 e. The van der Waals surface area contributed by atoms with Gasteiger partial charge in [0.05, 0.1) is 39.1 Å². The zero-order valence-electron chi connectivity index (χ0n) is 30.0. The van der Waals surface area contributed by atoms with Gasteiger partial charge in [-0.25, -0.2) is 0 Å². The molecule has 0 aromatic carbocycles. The number of carbonyl (C=O) groups is 3. The van der Waals surface area contributed by atoms with Gasteiger partial charge in [0, 0.05) is 30.5 Å². The van der Waals surface area contributed by atoms with E-state index in [9.17, 15) is 19.5 Å². The molecule has 0 radical (unpaired) electrons. The molecule has 8 heteroatoms. The fraction of sp³-hybridized carbons (Fsp3) is 0.923. The second-order valence-corrected chi connectivity index (χ2v) is 16.3. The molecule has 0 atom stereocenters. The van der Waals surface area contributed by atoms with Crippen molar-refractivity contribution in [2.24, 2.45) is 28.1 Å². The van der Waals surface area contributed by atoms with Gasteiger partial charge in [-0.15, -0.1) is 0 Å². The maximum atomic E-state index is 13.0. The highest BCUT2D eigenvalue weighted by Crippen LogP contribution is 2.59. The number of hydrogen-bond acceptors (Lipinski definition) is 8. The molecule has 2 heterocycles. The van der Waals surface area contributed by atoms with E-state index in [4.69, 9.17) is 14.2 Å². The van der Waals surface area contributed by atoms with Gasteiger partial charge >= 0.3 is 17.9 Å². The molecular weight excluding hydrogens is 594 g/mol. The van der Waals surface area contributed by atoms with Gasteiger partial charge in [-0.05, 0) is 94.4 Å². The Morgan fingerprint density at radius 2 is 1.26 bits per heavy atom. The Labute approximate surface area is 285 Å². The quantitative estimate of drug-likeness (QED) is 0.0636. The lowest BCUT2D eigenvalue weighted by molar-refractivity contribution is -0.197. The molecule has 2 aliphatic heterocycles. The molecule has 4 saturated carbocycles. The summed E-state index contributed by atoms with van der Waals surface area (Å²) in [7, 11) is 0. The van der Waals surface area contributed by atoms with Gasteiger partial charge in [0.2, 0.25) is 0 Å². The molecule has 6 fully saturated rings. The number of rotatable bonds is 24. The van der Waals surface area contributed by atoms with E-state index in [1.165, 1.54) is 89.9 Å². The van der Waals surface area contributed by atoms with Crippen LogP contribution in [-0.2, 0) is 28.6 Å². The maximum Gasteiger partial charge on any atom is 0.306 e. The Kier molecular flexibility index (Phi) is 15.3. The van der Waals surface area contributed by atoms with E-state index in [-0.39, 0.29) is 53.6 Å². The fourth-order valence-electron chi connectivity index (χ4n) is 9.58. The lowest BCUT2D eigenvalue weighted by atomic mass is 9.50. The first-order valence-electron chi connectivity index (χ1n) is 19.5. The lowest BCUT2D eigenvalue weighted by Gasteiger charge is -2.63. The minimum atomic E-state index is -0.351. The van der Waals surface area contributed by atoms with Gasteiger partial charge in [-0.2, -0.15) is 0 Å². The summed E-state index contributed by atoms with van der Waals surface area (Å²) in [5, 5.41) is 9.30. The number of esters is 3. The first kappa shape index (κ1) is 38.1. The summed E-state index contributed by atoms with van der Waals surface area (Å²) in [4.78, 5) is 40.6. The van der Waals surface area contributed by atoms with Crippen LogP contribution in [0, 0.1) is 28.1 Å². The van der Waals surface area contributed by atoms with E-state index in [1.54, 1.807) is 0 Å². The summed E-state index contributed by atoms with van der Waals surface area (Å²) < 4.78 is 17.3. The Bertz CT molecular complexity index is 945. The van der Waals surface area contributed by atoms with E-state index in [2.05, 4.69) is 18.7 Å². The molecule has 2 saturated heterocycles. The van der Waals surface area contributed by atoms with Crippen molar-refractivity contribution in [2.45, 2.75) is 155 Å². The molecule has 0 aromatic rings. The number of nitrogens with zero attached hydrogens (tertiary/aromatic N) is 1. The van der Waals surface area contributed by atoms with E-state index in [0.29, 0.717) is 32.2 Å². The lowest BCUT2D eigenvalue weighted by Crippen LogP contribution is -2.66. The van der Waals surface area contributed by atoms with Crippen LogP contribution in [0.3, 0.4) is 0 Å². The molecule has 6 aliphatic rings. The molecule has 47 heavy (non-hydrogen) atoms. The largest absolute Gasteiger partial charge is 0.466 e. The third kappa shape index (κ3) is 12.0. The Morgan fingerprint density at radius 3 is 1.81 bits per heavy atom. The fourth-order valence-corrected chi connectivity index (χ4v) is 9.58. The number of hydrogen-bond donors (Lipinski definition) is 1. The van der Waals surface area contributed by atoms with E-state index in [1.807, 2.05) is 0 Å². The summed E-state index contributed by atoms with van der Waals surface area (Å²) in [5.74, 6) is 0.764. The summed E-state index contributed by atoms with van der Waals surface area (Å²) in [6, 6.07) is 0. The molecule has 1 N–H and O–H groups in total. The molecule has 4 bridgehead atoms. The predicted molar refractivity (Wildman–Crippen MR) is 184 cm³/mol. The van der Waals surface area contributed by atoms with Crippen LogP contribution in [0.15, 0.2) is 0 Å². The van der Waals surface area contributed by atoms with Crippen LogP contribution in [0.4, 0.5) is 0 Å². The summed E-state index contributed by atoms with van der Waals surface area (Å²) in [5.41, 5.74) is -0.0808. The minimum absolute atomic E-state index is 0.0385. The molecule has 0 aromatic heterocycles. The Morgan fingerprint density at radius 1 is 0.702 bits per heavy atom. The summed E-state index contributed by atoms with van der Waals surface area (Å²) >= 11 is 0. The highest BCUT2D eigenvalue weighted by molar-refractivity contribution is 5.77. The number of fused-ring (bicyclic) bond motifs is 5. The standard InChI is InChI=1S/C39H67NO7/c1-3-5-7-11-32(12-8-6-4-2)18-24-45-34(42)13-14-35(43)46-30-38-26-39(27-38,29-40(28-38)22-9-10-23-41)31-47-36(44)25-37-19-15-33(16-20-37)17-21-37/h32-33,41H,3-31H2,1-2H3. The number of aliphatic hydroxyl groups is 1. The monoisotopic (exact) mass is 661 g/mol. The molecule has 0 amide bonds. The third-order valence-electron chi connectivity index (χ3n) is 12.1. The van der Waals surface area contributed by atoms with E-state index in [0.717, 1.165) is 57.7 Å². The third-order valence-corrected chi connectivity index (χ3v) is 12.1. The zero-order chi connectivity index (χ0) is 33.6. The normalized spacial score (nSPS) is 28.2. The van der Waals surface area contributed by atoms with Crippen molar-refractivity contribution in [3.05, 3.63) is 0 Å². The zero-order valence-corrected chi connectivity index (χ0v) is 30.0. The molecular formula is C39H67NO7. The summed E-state index contributed by atoms with van der Waals surface area (Å²) in [6.07, 6.45) is 22.1. The number of carbonyl (C=O) groups excluding carboxylic acids is 3. The average Bonchev–Trinajstić information content (AvgIpc) is 3.06. The van der Waals surface area contributed by atoms with Gasteiger partial charge in [-0.3, -0.25) is 14.4 Å². The van der Waals surface area contributed by atoms with Gasteiger partial charge in [-0.1, -0.05) is 65.2 Å². The first-order valence-corrected chi connectivity index (χ1v) is 19.5. The van der Waals surface area contributed by atoms with Gasteiger partial charge < -0.3 is 24.2 Å². The first-order chi connectivity index (χ1) is 22.7. The van der Waals surface area contributed by atoms with Crippen LogP contribution in [0.1, 0.15) is 155 Å². The SMILES string of the molecule is CCCCCC(CCCCC)CCOC(=O)CCC(=O)OCC12CN(CCCCO)CC(COC(=O)CC34CCC(CC3)CC4)(C1)C2. The van der Waals surface area contributed by atoms with Crippen LogP contribution in [0.5, 0.6) is 0 Å². The van der Waals surface area contributed by atoms with Crippen LogP contribution < -0.4 is 0 Å². The van der Waals surface area contributed by atoms with Crippen molar-refractivity contribution in [2.75, 3.05) is 46.1 Å². The van der Waals surface area contributed by atoms with Gasteiger partial charge in [0.15, 0.2) is 0 Å². The molecule has 0 spiro atoms. The topological polar surface area (TPSA) is 102 Å². The van der Waals surface area contributed by atoms with Gasteiger partial charge in [0.1, 0.15) is 0 Å². The highest BCUT2D eigenvalue weighted by atomic mass is 16.5. The predicted octanol–water partition coefficient (Wildman–Crippen LogP) is 7.78. The minimum Gasteiger partial charge on any atom is -0.466 e. The van der Waals surface area contributed by atoms with Crippen molar-refractivity contribution in [3.63, 3.8) is 0 Å². The Hall–Kier alpha value is -1.67. The van der Waals surface area contributed by atoms with Crippen LogP contribution in [0.2, 0.25) is 0 Å². The van der Waals surface area contributed by atoms with Crippen LogP contribution in [0.25, 0.3) is 0 Å². The van der Waals surface area contributed by atoms with Crippen molar-refractivity contribution in [1.29, 1.82) is 0 Å². The number of ether oxygens (including phenoxy) is 3. The van der Waals surface area contributed by atoms with Crippen molar-refractivity contribution in [1.82, 2.24) is 4.90 Å². The number of unbranched alkanes of at least 4 members (excludes halogenated alkanes) is 5. The Balaban J connectivity index is 1.17. The van der Waals surface area contributed by atoms with Crippen molar-refractivity contribution < 1.29 is 33.7 Å². The van der Waals surface area contributed by atoms with Crippen LogP contribution in [-0.4, -0.2) is 74.0 Å². The number of piperidine rings is 2. The number of aliphatic hydroxyl groups excluding tert-OH is 1. The molecule has 4 aliphatic carbocycles. The molecule has 270 valence electrons. The molecule has 6 rings (SSSR count). The molecule has 0 unspecified atom stereocenters. The highest BCUT2D eigenvalue weighted by Gasteiger charge is 2.60. The van der Waals surface area contributed by atoms with Crippen molar-refractivity contribution >= 4 is 17.9 Å². The summed E-state index contributed by atoms with van der Waals surface area (Å²) in [6.45, 7) is 8.41. The molecule has 8 nitrogen and oxygen atoms in total. The van der Waals surface area contributed by atoms with Crippen LogP contribution >= 0.6 is 0 Å². The maximum absolute atomic E-state index is 13.0. The van der Waals surface area contributed by atoms with Gasteiger partial charge in [0.25, 0.3) is 0 Å². The second-order valence-electron chi connectivity index (χ2n) is 16.3. The van der Waals surface area contributed by atoms with E-state index < -0.39 is 0 Å².